The van der Waals surface area contributed by atoms with Crippen LogP contribution in [-0.2, 0) is 28.2 Å². The van der Waals surface area contributed by atoms with E-state index in [4.69, 9.17) is 23.7 Å². The van der Waals surface area contributed by atoms with Gasteiger partial charge in [0.2, 0.25) is 0 Å². The molecule has 8 heteroatoms. The van der Waals surface area contributed by atoms with Crippen LogP contribution in [0.4, 0.5) is 0 Å². The molecule has 7 nitrogen and oxygen atoms in total. The lowest BCUT2D eigenvalue weighted by atomic mass is 10.1. The van der Waals surface area contributed by atoms with Crippen LogP contribution in [-0.4, -0.2) is 58.4 Å². The number of rotatable bonds is 14. The van der Waals surface area contributed by atoms with Crippen LogP contribution in [0.3, 0.4) is 0 Å². The minimum Gasteiger partial charge on any atom is -0.479 e. The Morgan fingerprint density at radius 3 is 1.76 bits per heavy atom. The van der Waals surface area contributed by atoms with Crippen LogP contribution in [0, 0.1) is 0 Å². The minimum absolute atomic E-state index is 0.126. The monoisotopic (exact) mass is 536 g/mol. The number of hydrogen-bond donors (Lipinski definition) is 1. The molecule has 3 aromatic rings. The summed E-state index contributed by atoms with van der Waals surface area (Å²) in [5.41, 5.74) is 0.581. The van der Waals surface area contributed by atoms with Crippen LogP contribution >= 0.6 is 0 Å². The second kappa shape index (κ2) is 14.0. The van der Waals surface area contributed by atoms with Crippen molar-refractivity contribution in [3.8, 4) is 0 Å². The number of carboxylic acids is 1. The molecule has 0 fully saturated rings. The highest BCUT2D eigenvalue weighted by molar-refractivity contribution is 6.99. The quantitative estimate of drug-likeness (QED) is 0.189. The van der Waals surface area contributed by atoms with Gasteiger partial charge in [-0.2, -0.15) is 0 Å². The van der Waals surface area contributed by atoms with E-state index in [2.05, 4.69) is 45.0 Å². The summed E-state index contributed by atoms with van der Waals surface area (Å²) in [6.45, 7) is 7.06. The zero-order chi connectivity index (χ0) is 27.4. The van der Waals surface area contributed by atoms with Crippen LogP contribution in [0.15, 0.2) is 91.0 Å². The van der Waals surface area contributed by atoms with Gasteiger partial charge < -0.3 is 23.7 Å². The van der Waals surface area contributed by atoms with E-state index in [1.54, 1.807) is 24.3 Å². The number of hydrogen-bond acceptors (Lipinski definition) is 6. The summed E-state index contributed by atoms with van der Waals surface area (Å²) in [7, 11) is -2.63. The normalized spacial score (nSPS) is 12.6. The van der Waals surface area contributed by atoms with E-state index in [1.165, 1.54) is 10.4 Å². The largest absolute Gasteiger partial charge is 0.479 e. The molecule has 1 atom stereocenters. The summed E-state index contributed by atoms with van der Waals surface area (Å²) < 4.78 is 23.2. The van der Waals surface area contributed by atoms with Gasteiger partial charge in [0.05, 0.1) is 26.4 Å². The van der Waals surface area contributed by atoms with Gasteiger partial charge in [0.25, 0.3) is 8.32 Å². The van der Waals surface area contributed by atoms with Crippen molar-refractivity contribution in [3.63, 3.8) is 0 Å². The van der Waals surface area contributed by atoms with Gasteiger partial charge in [-0.1, -0.05) is 112 Å². The maximum Gasteiger partial charge on any atom is 0.341 e. The molecule has 0 aliphatic heterocycles. The second-order valence-electron chi connectivity index (χ2n) is 9.79. The van der Waals surface area contributed by atoms with Crippen LogP contribution in [0.2, 0.25) is 5.04 Å². The van der Waals surface area contributed by atoms with Crippen molar-refractivity contribution in [3.05, 3.63) is 96.6 Å². The van der Waals surface area contributed by atoms with Crippen molar-refractivity contribution in [2.24, 2.45) is 0 Å². The lowest BCUT2D eigenvalue weighted by Gasteiger charge is -2.43. The van der Waals surface area contributed by atoms with E-state index < -0.39 is 33.0 Å². The van der Waals surface area contributed by atoms with Crippen molar-refractivity contribution < 1.29 is 33.3 Å². The number of ether oxygens (including phenoxy) is 3. The maximum absolute atomic E-state index is 12.4. The third-order valence-electron chi connectivity index (χ3n) is 6.13. The summed E-state index contributed by atoms with van der Waals surface area (Å²) in [6.07, 6.45) is -1.03. The van der Waals surface area contributed by atoms with Crippen molar-refractivity contribution in [1.82, 2.24) is 0 Å². The van der Waals surface area contributed by atoms with Crippen LogP contribution < -0.4 is 10.4 Å². The first-order chi connectivity index (χ1) is 18.3. The predicted molar refractivity (Wildman–Crippen MR) is 148 cm³/mol. The van der Waals surface area contributed by atoms with Crippen LogP contribution in [0.5, 0.6) is 0 Å². The molecule has 0 saturated carbocycles. The van der Waals surface area contributed by atoms with E-state index in [0.717, 1.165) is 0 Å². The zero-order valence-electron chi connectivity index (χ0n) is 22.2. The molecule has 3 aromatic carbocycles. The molecule has 0 radical (unpaired) electrons. The number of carbonyl (C=O) groups is 2. The number of carbonyl (C=O) groups excluding carboxylic acids is 1. The van der Waals surface area contributed by atoms with Gasteiger partial charge in [-0.05, 0) is 21.0 Å². The highest BCUT2D eigenvalue weighted by Gasteiger charge is 2.50. The Balaban J connectivity index is 1.60. The summed E-state index contributed by atoms with van der Waals surface area (Å²) in [5, 5.41) is 11.1. The van der Waals surface area contributed by atoms with Gasteiger partial charge in [0.1, 0.15) is 0 Å². The average Bonchev–Trinajstić information content (AvgIpc) is 2.92. The first-order valence-corrected chi connectivity index (χ1v) is 14.5. The Kier molecular flexibility index (Phi) is 10.8. The summed E-state index contributed by atoms with van der Waals surface area (Å²) in [4.78, 5) is 23.2. The fourth-order valence-electron chi connectivity index (χ4n) is 4.48. The molecule has 3 rings (SSSR count). The molecule has 202 valence electrons. The van der Waals surface area contributed by atoms with Gasteiger partial charge in [0.15, 0.2) is 12.7 Å². The Hall–Kier alpha value is -3.30. The van der Waals surface area contributed by atoms with E-state index in [9.17, 15) is 9.59 Å². The van der Waals surface area contributed by atoms with E-state index in [0.29, 0.717) is 18.8 Å². The molecule has 0 heterocycles. The second-order valence-corrected chi connectivity index (χ2v) is 14.1. The molecule has 1 unspecified atom stereocenters. The fourth-order valence-corrected chi connectivity index (χ4v) is 9.02. The fraction of sp³-hybridized carbons (Fsp3) is 0.333. The molecule has 0 spiro atoms. The van der Waals surface area contributed by atoms with Gasteiger partial charge in [0, 0.05) is 0 Å². The van der Waals surface area contributed by atoms with Crippen molar-refractivity contribution >= 4 is 30.6 Å². The Morgan fingerprint density at radius 2 is 1.26 bits per heavy atom. The molecular formula is C30H36O7Si. The van der Waals surface area contributed by atoms with Gasteiger partial charge in [-0.15, -0.1) is 0 Å². The Labute approximate surface area is 225 Å². The number of carboxylic acid groups (broad SMARTS) is 1. The van der Waals surface area contributed by atoms with Crippen molar-refractivity contribution in [2.45, 2.75) is 31.9 Å². The SMILES string of the molecule is CC(C)(C)[Si](OCCOCCOC(C(=O)OCC(=O)O)c1ccccc1)(c1ccccc1)c1ccccc1. The molecule has 0 aromatic heterocycles. The number of benzene rings is 3. The lowest BCUT2D eigenvalue weighted by Crippen LogP contribution is -2.66. The summed E-state index contributed by atoms with van der Waals surface area (Å²) in [5.74, 6) is -1.98. The smallest absolute Gasteiger partial charge is 0.341 e. The molecular weight excluding hydrogens is 500 g/mol. The molecule has 1 N–H and O–H groups in total. The molecule has 0 aliphatic rings. The Bertz CT molecular complexity index is 1090. The van der Waals surface area contributed by atoms with Crippen LogP contribution in [0.25, 0.3) is 0 Å². The molecule has 0 bridgehead atoms. The predicted octanol–water partition coefficient (Wildman–Crippen LogP) is 3.97. The van der Waals surface area contributed by atoms with Crippen molar-refractivity contribution in [1.29, 1.82) is 0 Å². The van der Waals surface area contributed by atoms with E-state index in [1.807, 2.05) is 42.5 Å². The van der Waals surface area contributed by atoms with Gasteiger partial charge in [-0.3, -0.25) is 0 Å². The van der Waals surface area contributed by atoms with Gasteiger partial charge in [-0.25, -0.2) is 9.59 Å². The lowest BCUT2D eigenvalue weighted by molar-refractivity contribution is -0.165. The van der Waals surface area contributed by atoms with Crippen molar-refractivity contribution in [2.75, 3.05) is 33.0 Å². The van der Waals surface area contributed by atoms with Crippen LogP contribution in [0.1, 0.15) is 32.4 Å². The highest BCUT2D eigenvalue weighted by Crippen LogP contribution is 2.36. The standard InChI is InChI=1S/C30H36O7Si/c1-30(2,3)38(25-15-9-5-10-16-25,26-17-11-6-12-18-26)37-22-20-34-19-21-35-28(24-13-7-4-8-14-24)29(33)36-23-27(31)32/h4-18,28H,19-23H2,1-3H3,(H,31,32). The summed E-state index contributed by atoms with van der Waals surface area (Å²) >= 11 is 0. The first-order valence-electron chi connectivity index (χ1n) is 12.6. The number of aliphatic carboxylic acids is 1. The summed E-state index contributed by atoms with van der Waals surface area (Å²) in [6, 6.07) is 29.6. The zero-order valence-corrected chi connectivity index (χ0v) is 23.2. The third-order valence-corrected chi connectivity index (χ3v) is 11.2. The molecule has 38 heavy (non-hydrogen) atoms. The minimum atomic E-state index is -2.63. The average molecular weight is 537 g/mol. The Morgan fingerprint density at radius 1 is 0.763 bits per heavy atom. The molecule has 0 amide bonds. The van der Waals surface area contributed by atoms with Gasteiger partial charge >= 0.3 is 11.9 Å². The van der Waals surface area contributed by atoms with E-state index >= 15 is 0 Å². The highest BCUT2D eigenvalue weighted by atomic mass is 28.4. The number of esters is 1. The first kappa shape index (κ1) is 29.3. The molecule has 0 aliphatic carbocycles. The van der Waals surface area contributed by atoms with E-state index in [-0.39, 0.29) is 18.3 Å². The maximum atomic E-state index is 12.4. The molecule has 0 saturated heterocycles. The topological polar surface area (TPSA) is 91.3 Å². The third kappa shape index (κ3) is 7.61.